The summed E-state index contributed by atoms with van der Waals surface area (Å²) in [4.78, 5) is 23.0. The maximum absolute atomic E-state index is 11.9. The summed E-state index contributed by atoms with van der Waals surface area (Å²) in [6.07, 6.45) is 2.40. The lowest BCUT2D eigenvalue weighted by atomic mass is 10.0. The topological polar surface area (TPSA) is 66.4 Å². The lowest BCUT2D eigenvalue weighted by Crippen LogP contribution is -2.41. The van der Waals surface area contributed by atoms with E-state index in [-0.39, 0.29) is 12.3 Å². The highest BCUT2D eigenvalue weighted by Crippen LogP contribution is 2.10. The van der Waals surface area contributed by atoms with E-state index in [4.69, 9.17) is 5.11 Å². The van der Waals surface area contributed by atoms with E-state index in [1.165, 1.54) is 5.56 Å². The minimum atomic E-state index is -0.966. The molecule has 1 amide bonds. The molecule has 0 heterocycles. The van der Waals surface area contributed by atoms with Gasteiger partial charge in [-0.1, -0.05) is 38.0 Å². The summed E-state index contributed by atoms with van der Waals surface area (Å²) in [5, 5.41) is 11.7. The molecule has 0 bridgehead atoms. The first-order chi connectivity index (χ1) is 9.43. The van der Waals surface area contributed by atoms with Gasteiger partial charge in [0.05, 0.1) is 6.42 Å². The zero-order valence-corrected chi connectivity index (χ0v) is 12.4. The highest BCUT2D eigenvalue weighted by Gasteiger charge is 2.19. The molecule has 1 rings (SSSR count). The Morgan fingerprint density at radius 2 is 1.95 bits per heavy atom. The van der Waals surface area contributed by atoms with Crippen molar-refractivity contribution in [2.45, 2.75) is 52.5 Å². The van der Waals surface area contributed by atoms with Crippen LogP contribution in [0.5, 0.6) is 0 Å². The lowest BCUT2D eigenvalue weighted by molar-refractivity contribution is -0.142. The molecule has 1 aromatic rings. The summed E-state index contributed by atoms with van der Waals surface area (Å²) < 4.78 is 0. The van der Waals surface area contributed by atoms with Gasteiger partial charge in [0.25, 0.3) is 0 Å². The average molecular weight is 277 g/mol. The van der Waals surface area contributed by atoms with Crippen LogP contribution in [-0.2, 0) is 16.0 Å². The van der Waals surface area contributed by atoms with Crippen LogP contribution < -0.4 is 5.32 Å². The normalized spacial score (nSPS) is 11.9. The largest absolute Gasteiger partial charge is 0.480 e. The van der Waals surface area contributed by atoms with Crippen LogP contribution >= 0.6 is 0 Å². The minimum absolute atomic E-state index is 0.219. The van der Waals surface area contributed by atoms with Crippen LogP contribution in [0.15, 0.2) is 18.2 Å². The van der Waals surface area contributed by atoms with Gasteiger partial charge in [0.15, 0.2) is 0 Å². The number of unbranched alkanes of at least 4 members (excludes halogenated alkanes) is 1. The number of amides is 1. The summed E-state index contributed by atoms with van der Waals surface area (Å²) in [7, 11) is 0. The Kier molecular flexibility index (Phi) is 6.22. The Morgan fingerprint density at radius 1 is 1.25 bits per heavy atom. The molecule has 1 aromatic carbocycles. The van der Waals surface area contributed by atoms with Crippen LogP contribution in [0.25, 0.3) is 0 Å². The van der Waals surface area contributed by atoms with Crippen molar-refractivity contribution >= 4 is 11.9 Å². The summed E-state index contributed by atoms with van der Waals surface area (Å²) >= 11 is 0. The van der Waals surface area contributed by atoms with Gasteiger partial charge < -0.3 is 10.4 Å². The Balaban J connectivity index is 2.60. The van der Waals surface area contributed by atoms with E-state index in [1.807, 2.05) is 39.0 Å². The number of carbonyl (C=O) groups excluding carboxylic acids is 1. The smallest absolute Gasteiger partial charge is 0.326 e. The molecule has 0 radical (unpaired) electrons. The molecule has 1 atom stereocenters. The molecule has 0 unspecified atom stereocenters. The van der Waals surface area contributed by atoms with E-state index in [0.29, 0.717) is 6.42 Å². The van der Waals surface area contributed by atoms with Crippen LogP contribution in [-0.4, -0.2) is 23.0 Å². The first-order valence-corrected chi connectivity index (χ1v) is 7.02. The fraction of sp³-hybridized carbons (Fsp3) is 0.500. The molecular weight excluding hydrogens is 254 g/mol. The maximum Gasteiger partial charge on any atom is 0.326 e. The van der Waals surface area contributed by atoms with Crippen LogP contribution in [0.3, 0.4) is 0 Å². The number of carboxylic acid groups (broad SMARTS) is 1. The zero-order chi connectivity index (χ0) is 15.1. The first kappa shape index (κ1) is 16.2. The van der Waals surface area contributed by atoms with Gasteiger partial charge >= 0.3 is 5.97 Å². The maximum atomic E-state index is 11.9. The standard InChI is InChI=1S/C16H23NO3/c1-4-5-6-14(16(19)20)17-15(18)10-13-8-7-11(2)12(3)9-13/h7-9,14H,4-6,10H2,1-3H3,(H,17,18)(H,19,20)/t14-/m0/s1. The Labute approximate surface area is 120 Å². The molecule has 2 N–H and O–H groups in total. The summed E-state index contributed by atoms with van der Waals surface area (Å²) in [5.41, 5.74) is 3.22. The van der Waals surface area contributed by atoms with Gasteiger partial charge in [-0.15, -0.1) is 0 Å². The van der Waals surface area contributed by atoms with Gasteiger partial charge in [-0.25, -0.2) is 4.79 Å². The number of benzene rings is 1. The van der Waals surface area contributed by atoms with Crippen molar-refractivity contribution in [3.8, 4) is 0 Å². The number of aryl methyl sites for hydroxylation is 2. The lowest BCUT2D eigenvalue weighted by Gasteiger charge is -2.14. The van der Waals surface area contributed by atoms with Gasteiger partial charge in [0.1, 0.15) is 6.04 Å². The SMILES string of the molecule is CCCC[C@H](NC(=O)Cc1ccc(C)c(C)c1)C(=O)O. The fourth-order valence-corrected chi connectivity index (χ4v) is 2.01. The van der Waals surface area contributed by atoms with E-state index in [0.717, 1.165) is 24.0 Å². The van der Waals surface area contributed by atoms with Gasteiger partial charge in [-0.3, -0.25) is 4.79 Å². The van der Waals surface area contributed by atoms with Gasteiger partial charge in [0.2, 0.25) is 5.91 Å². The molecule has 0 saturated carbocycles. The van der Waals surface area contributed by atoms with Crippen molar-refractivity contribution in [1.29, 1.82) is 0 Å². The molecule has 0 aliphatic rings. The number of carbonyl (C=O) groups is 2. The average Bonchev–Trinajstić information content (AvgIpc) is 2.38. The zero-order valence-electron chi connectivity index (χ0n) is 12.4. The van der Waals surface area contributed by atoms with Crippen molar-refractivity contribution in [2.75, 3.05) is 0 Å². The van der Waals surface area contributed by atoms with E-state index in [2.05, 4.69) is 5.32 Å². The van der Waals surface area contributed by atoms with Crippen molar-refractivity contribution in [1.82, 2.24) is 5.32 Å². The molecule has 4 nitrogen and oxygen atoms in total. The summed E-state index contributed by atoms with van der Waals surface area (Å²) in [6.45, 7) is 6.01. The number of carboxylic acids is 1. The molecule has 0 aromatic heterocycles. The highest BCUT2D eigenvalue weighted by atomic mass is 16.4. The van der Waals surface area contributed by atoms with Crippen LogP contribution in [0.4, 0.5) is 0 Å². The van der Waals surface area contributed by atoms with Crippen molar-refractivity contribution in [3.05, 3.63) is 34.9 Å². The third-order valence-electron chi connectivity index (χ3n) is 3.42. The van der Waals surface area contributed by atoms with E-state index in [1.54, 1.807) is 0 Å². The first-order valence-electron chi connectivity index (χ1n) is 7.02. The molecule has 0 fully saturated rings. The Hall–Kier alpha value is -1.84. The molecule has 20 heavy (non-hydrogen) atoms. The Morgan fingerprint density at radius 3 is 2.50 bits per heavy atom. The van der Waals surface area contributed by atoms with Crippen molar-refractivity contribution < 1.29 is 14.7 Å². The fourth-order valence-electron chi connectivity index (χ4n) is 2.01. The van der Waals surface area contributed by atoms with Crippen LogP contribution in [0.1, 0.15) is 42.9 Å². The van der Waals surface area contributed by atoms with Crippen molar-refractivity contribution in [2.24, 2.45) is 0 Å². The van der Waals surface area contributed by atoms with Crippen LogP contribution in [0, 0.1) is 13.8 Å². The van der Waals surface area contributed by atoms with E-state index < -0.39 is 12.0 Å². The second-order valence-electron chi connectivity index (χ2n) is 5.20. The third-order valence-corrected chi connectivity index (χ3v) is 3.42. The van der Waals surface area contributed by atoms with Crippen molar-refractivity contribution in [3.63, 3.8) is 0 Å². The van der Waals surface area contributed by atoms with Gasteiger partial charge in [-0.05, 0) is 37.0 Å². The number of aliphatic carboxylic acids is 1. The summed E-state index contributed by atoms with van der Waals surface area (Å²) in [6, 6.07) is 5.07. The number of hydrogen-bond donors (Lipinski definition) is 2. The number of hydrogen-bond acceptors (Lipinski definition) is 2. The Bertz CT molecular complexity index is 483. The molecule has 110 valence electrons. The minimum Gasteiger partial charge on any atom is -0.480 e. The number of rotatable bonds is 7. The molecule has 0 aliphatic carbocycles. The second kappa shape index (κ2) is 7.68. The summed E-state index contributed by atoms with van der Waals surface area (Å²) in [5.74, 6) is -1.20. The van der Waals surface area contributed by atoms with Crippen LogP contribution in [0.2, 0.25) is 0 Å². The quantitative estimate of drug-likeness (QED) is 0.805. The number of nitrogens with one attached hydrogen (secondary N) is 1. The van der Waals surface area contributed by atoms with E-state index >= 15 is 0 Å². The molecule has 0 saturated heterocycles. The third kappa shape index (κ3) is 5.03. The molecule has 0 spiro atoms. The predicted molar refractivity (Wildman–Crippen MR) is 78.7 cm³/mol. The second-order valence-corrected chi connectivity index (χ2v) is 5.20. The highest BCUT2D eigenvalue weighted by molar-refractivity contribution is 5.84. The van der Waals surface area contributed by atoms with Gasteiger partial charge in [0, 0.05) is 0 Å². The molecule has 4 heteroatoms. The van der Waals surface area contributed by atoms with E-state index in [9.17, 15) is 9.59 Å². The monoisotopic (exact) mass is 277 g/mol. The molecule has 0 aliphatic heterocycles. The molecular formula is C16H23NO3. The predicted octanol–water partition coefficient (Wildman–Crippen LogP) is 2.61. The van der Waals surface area contributed by atoms with Gasteiger partial charge in [-0.2, -0.15) is 0 Å².